The summed E-state index contributed by atoms with van der Waals surface area (Å²) in [4.78, 5) is 37.6. The summed E-state index contributed by atoms with van der Waals surface area (Å²) >= 11 is 0. The van der Waals surface area contributed by atoms with Crippen molar-refractivity contribution in [3.05, 3.63) is 59.9 Å². The molecule has 1 atom stereocenters. The number of hydrogen-bond donors (Lipinski definition) is 1. The minimum absolute atomic E-state index is 0.118. The number of amides is 2. The number of ether oxygens (including phenoxy) is 1. The summed E-state index contributed by atoms with van der Waals surface area (Å²) in [6.07, 6.45) is 1.44. The van der Waals surface area contributed by atoms with Crippen LogP contribution in [0.4, 0.5) is 10.1 Å². The van der Waals surface area contributed by atoms with E-state index in [2.05, 4.69) is 5.32 Å². The predicted octanol–water partition coefficient (Wildman–Crippen LogP) is 1.82. The van der Waals surface area contributed by atoms with Crippen LogP contribution < -0.4 is 5.32 Å². The van der Waals surface area contributed by atoms with Crippen molar-refractivity contribution < 1.29 is 27.7 Å². The Balaban J connectivity index is 1.87. The summed E-state index contributed by atoms with van der Waals surface area (Å²) in [5, 5.41) is 2.52. The first-order chi connectivity index (χ1) is 13.3. The van der Waals surface area contributed by atoms with Crippen molar-refractivity contribution in [2.45, 2.75) is 4.90 Å². The van der Waals surface area contributed by atoms with Crippen LogP contribution in [0.1, 0.15) is 10.4 Å². The normalized spacial score (nSPS) is 11.4. The molecule has 0 fully saturated rings. The first kappa shape index (κ1) is 21.2. The maximum Gasteiger partial charge on any atom is 0.339 e. The lowest BCUT2D eigenvalue weighted by atomic mass is 10.2. The van der Waals surface area contributed by atoms with Gasteiger partial charge in [-0.05, 0) is 36.4 Å². The van der Waals surface area contributed by atoms with E-state index in [-0.39, 0.29) is 12.1 Å². The van der Waals surface area contributed by atoms with Crippen LogP contribution in [0.25, 0.3) is 0 Å². The van der Waals surface area contributed by atoms with E-state index in [1.807, 2.05) is 0 Å². The first-order valence-electron chi connectivity index (χ1n) is 8.17. The Morgan fingerprint density at radius 3 is 2.39 bits per heavy atom. The van der Waals surface area contributed by atoms with Gasteiger partial charge in [-0.25, -0.2) is 9.18 Å². The molecule has 0 saturated carbocycles. The van der Waals surface area contributed by atoms with E-state index in [1.54, 1.807) is 18.2 Å². The van der Waals surface area contributed by atoms with Crippen molar-refractivity contribution in [1.82, 2.24) is 4.90 Å². The molecule has 9 heteroatoms. The molecule has 0 aromatic heterocycles. The molecule has 0 saturated heterocycles. The molecule has 1 N–H and O–H groups in total. The van der Waals surface area contributed by atoms with Crippen LogP contribution in [0.5, 0.6) is 0 Å². The lowest BCUT2D eigenvalue weighted by Gasteiger charge is -2.17. The van der Waals surface area contributed by atoms with E-state index in [1.165, 1.54) is 43.6 Å². The lowest BCUT2D eigenvalue weighted by Crippen LogP contribution is -2.37. The van der Waals surface area contributed by atoms with Gasteiger partial charge in [0.2, 0.25) is 5.91 Å². The van der Waals surface area contributed by atoms with Crippen LogP contribution in [0.2, 0.25) is 0 Å². The Morgan fingerprint density at radius 2 is 1.75 bits per heavy atom. The zero-order valence-corrected chi connectivity index (χ0v) is 16.1. The average molecular weight is 406 g/mol. The number of nitrogens with zero attached hydrogens (tertiary/aromatic N) is 1. The van der Waals surface area contributed by atoms with Crippen molar-refractivity contribution in [2.24, 2.45) is 0 Å². The molecule has 0 aliphatic heterocycles. The van der Waals surface area contributed by atoms with Gasteiger partial charge in [-0.2, -0.15) is 0 Å². The molecule has 2 aromatic carbocycles. The highest BCUT2D eigenvalue weighted by Crippen LogP contribution is 2.14. The van der Waals surface area contributed by atoms with Crippen molar-refractivity contribution in [1.29, 1.82) is 0 Å². The third kappa shape index (κ3) is 5.98. The maximum absolute atomic E-state index is 12.9. The number of nitrogens with one attached hydrogen (secondary N) is 1. The average Bonchev–Trinajstić information content (AvgIpc) is 2.67. The number of benzene rings is 2. The molecule has 0 radical (unpaired) electrons. The molecule has 7 nitrogen and oxygen atoms in total. The van der Waals surface area contributed by atoms with Gasteiger partial charge in [-0.15, -0.1) is 0 Å². The Labute approximate surface area is 163 Å². The standard InChI is InChI=1S/C19H19FN2O5S/c1-22(11-17(23)21-14-9-7-13(20)8-10-14)18(24)12-27-19(25)15-5-3-4-6-16(15)28(2)26/h3-10H,11-12H2,1-2H3,(H,21,23)/t28-/m1/s1. The zero-order valence-electron chi connectivity index (χ0n) is 15.3. The van der Waals surface area contributed by atoms with Gasteiger partial charge in [0.1, 0.15) is 5.82 Å². The Hall–Kier alpha value is -3.07. The summed E-state index contributed by atoms with van der Waals surface area (Å²) < 4.78 is 29.5. The predicted molar refractivity (Wildman–Crippen MR) is 102 cm³/mol. The van der Waals surface area contributed by atoms with Gasteiger partial charge in [-0.3, -0.25) is 13.8 Å². The monoisotopic (exact) mass is 406 g/mol. The van der Waals surface area contributed by atoms with Crippen molar-refractivity contribution in [3.63, 3.8) is 0 Å². The second-order valence-electron chi connectivity index (χ2n) is 5.83. The molecule has 0 bridgehead atoms. The molecule has 0 aliphatic rings. The largest absolute Gasteiger partial charge is 0.452 e. The summed E-state index contributed by atoms with van der Waals surface area (Å²) in [6.45, 7) is -0.840. The fourth-order valence-corrected chi connectivity index (χ4v) is 2.97. The van der Waals surface area contributed by atoms with E-state index in [0.29, 0.717) is 10.6 Å². The number of esters is 1. The van der Waals surface area contributed by atoms with E-state index in [9.17, 15) is 23.0 Å². The summed E-state index contributed by atoms with van der Waals surface area (Å²) in [5.74, 6) is -2.28. The first-order valence-corrected chi connectivity index (χ1v) is 9.72. The number of anilines is 1. The second-order valence-corrected chi connectivity index (χ2v) is 7.18. The van der Waals surface area contributed by atoms with Gasteiger partial charge in [0.05, 0.1) is 27.8 Å². The van der Waals surface area contributed by atoms with Crippen molar-refractivity contribution in [3.8, 4) is 0 Å². The Bertz CT molecular complexity index is 901. The zero-order chi connectivity index (χ0) is 20.7. The molecule has 2 amide bonds. The molecule has 0 spiro atoms. The van der Waals surface area contributed by atoms with Gasteiger partial charge in [-0.1, -0.05) is 12.1 Å². The third-order valence-electron chi connectivity index (χ3n) is 3.68. The smallest absolute Gasteiger partial charge is 0.339 e. The molecule has 2 rings (SSSR count). The fourth-order valence-electron chi connectivity index (χ4n) is 2.24. The number of halogens is 1. The number of rotatable bonds is 7. The van der Waals surface area contributed by atoms with Crippen LogP contribution in [0.15, 0.2) is 53.4 Å². The van der Waals surface area contributed by atoms with Gasteiger partial charge in [0, 0.05) is 19.0 Å². The topological polar surface area (TPSA) is 92.8 Å². The van der Waals surface area contributed by atoms with Crippen LogP contribution in [-0.4, -0.2) is 53.3 Å². The minimum Gasteiger partial charge on any atom is -0.452 e. The van der Waals surface area contributed by atoms with Gasteiger partial charge in [0.25, 0.3) is 5.91 Å². The highest BCUT2D eigenvalue weighted by molar-refractivity contribution is 7.84. The molecule has 148 valence electrons. The Morgan fingerprint density at radius 1 is 1.11 bits per heavy atom. The molecule has 0 aliphatic carbocycles. The lowest BCUT2D eigenvalue weighted by molar-refractivity contribution is -0.136. The Kier molecular flexibility index (Phi) is 7.39. The maximum atomic E-state index is 12.9. The van der Waals surface area contributed by atoms with E-state index in [0.717, 1.165) is 4.90 Å². The van der Waals surface area contributed by atoms with Gasteiger partial charge in [0.15, 0.2) is 6.61 Å². The summed E-state index contributed by atoms with van der Waals surface area (Å²) in [5.41, 5.74) is 0.510. The van der Waals surface area contributed by atoms with Crippen LogP contribution in [0.3, 0.4) is 0 Å². The summed E-state index contributed by atoms with van der Waals surface area (Å²) in [7, 11) is -0.00121. The molecule has 0 unspecified atom stereocenters. The SMILES string of the molecule is CN(CC(=O)Nc1ccc(F)cc1)C(=O)COC(=O)c1ccccc1[S@@](C)=O. The fraction of sp³-hybridized carbons (Fsp3) is 0.211. The highest BCUT2D eigenvalue weighted by Gasteiger charge is 2.18. The molecule has 0 heterocycles. The van der Waals surface area contributed by atoms with Crippen LogP contribution in [-0.2, 0) is 25.1 Å². The van der Waals surface area contributed by atoms with E-state index >= 15 is 0 Å². The van der Waals surface area contributed by atoms with Crippen molar-refractivity contribution in [2.75, 3.05) is 31.8 Å². The number of likely N-dealkylation sites (N-methyl/N-ethyl adjacent to an activating group) is 1. The summed E-state index contributed by atoms with van der Waals surface area (Å²) in [6, 6.07) is 11.4. The van der Waals surface area contributed by atoms with E-state index in [4.69, 9.17) is 4.74 Å². The number of carbonyl (C=O) groups is 3. The number of carbonyl (C=O) groups excluding carboxylic acids is 3. The molecular formula is C19H19FN2O5S. The van der Waals surface area contributed by atoms with Gasteiger partial charge < -0.3 is 15.0 Å². The molecule has 28 heavy (non-hydrogen) atoms. The molecular weight excluding hydrogens is 387 g/mol. The van der Waals surface area contributed by atoms with Crippen LogP contribution in [0, 0.1) is 5.82 Å². The van der Waals surface area contributed by atoms with Gasteiger partial charge >= 0.3 is 5.97 Å². The number of hydrogen-bond acceptors (Lipinski definition) is 5. The molecule has 2 aromatic rings. The highest BCUT2D eigenvalue weighted by atomic mass is 32.2. The minimum atomic E-state index is -1.39. The quantitative estimate of drug-likeness (QED) is 0.708. The second kappa shape index (κ2) is 9.75. The third-order valence-corrected chi connectivity index (χ3v) is 4.65. The van der Waals surface area contributed by atoms with Crippen LogP contribution >= 0.6 is 0 Å². The van der Waals surface area contributed by atoms with E-state index < -0.39 is 41.0 Å². The van der Waals surface area contributed by atoms with Crippen molar-refractivity contribution >= 4 is 34.3 Å².